The van der Waals surface area contributed by atoms with Crippen molar-refractivity contribution in [1.29, 1.82) is 0 Å². The van der Waals surface area contributed by atoms with Gasteiger partial charge < -0.3 is 15.3 Å². The fourth-order valence-electron chi connectivity index (χ4n) is 3.64. The van der Waals surface area contributed by atoms with Crippen molar-refractivity contribution in [2.45, 2.75) is 90.9 Å². The van der Waals surface area contributed by atoms with Crippen LogP contribution in [0.25, 0.3) is 0 Å². The number of carbonyl (C=O) groups excluding carboxylic acids is 2. The topological polar surface area (TPSA) is 69.6 Å². The molecule has 0 aromatic carbocycles. The molecule has 0 unspecified atom stereocenters. The number of amides is 2. The molecule has 0 aliphatic carbocycles. The van der Waals surface area contributed by atoms with Crippen molar-refractivity contribution in [3.05, 3.63) is 0 Å². The molecule has 0 aromatic heterocycles. The molecule has 0 bridgehead atoms. The standard InChI is InChI=1S/C22H42N2O3/c1-19(2)11-9-7-5-3-4-6-8-10-12-21(26)23-17-22(27)24-15-13-20(18-25)14-16-24/h19-20,25H,3-18H2,1-2H3,(H,23,26). The smallest absolute Gasteiger partial charge is 0.241 e. The predicted molar refractivity (Wildman–Crippen MR) is 110 cm³/mol. The summed E-state index contributed by atoms with van der Waals surface area (Å²) < 4.78 is 0. The Kier molecular flexibility index (Phi) is 13.2. The minimum Gasteiger partial charge on any atom is -0.396 e. The molecule has 0 spiro atoms. The Balaban J connectivity index is 1.92. The number of aliphatic hydroxyl groups excluding tert-OH is 1. The van der Waals surface area contributed by atoms with Crippen molar-refractivity contribution < 1.29 is 14.7 Å². The average molecular weight is 383 g/mol. The summed E-state index contributed by atoms with van der Waals surface area (Å²) in [5, 5.41) is 11.9. The largest absolute Gasteiger partial charge is 0.396 e. The van der Waals surface area contributed by atoms with Crippen molar-refractivity contribution in [3.8, 4) is 0 Å². The fraction of sp³-hybridized carbons (Fsp3) is 0.909. The Hall–Kier alpha value is -1.10. The van der Waals surface area contributed by atoms with Gasteiger partial charge in [-0.05, 0) is 31.1 Å². The summed E-state index contributed by atoms with van der Waals surface area (Å²) in [5.41, 5.74) is 0. The Labute approximate surface area is 166 Å². The first-order chi connectivity index (χ1) is 13.0. The van der Waals surface area contributed by atoms with Gasteiger partial charge in [0.1, 0.15) is 0 Å². The van der Waals surface area contributed by atoms with E-state index in [0.717, 1.165) is 31.6 Å². The van der Waals surface area contributed by atoms with E-state index in [0.29, 0.717) is 25.4 Å². The summed E-state index contributed by atoms with van der Waals surface area (Å²) in [4.78, 5) is 25.8. The molecule has 5 heteroatoms. The van der Waals surface area contributed by atoms with Crippen molar-refractivity contribution in [2.75, 3.05) is 26.2 Å². The summed E-state index contributed by atoms with van der Waals surface area (Å²) in [6.07, 6.45) is 13.4. The lowest BCUT2D eigenvalue weighted by Crippen LogP contribution is -2.44. The van der Waals surface area contributed by atoms with Crippen LogP contribution in [0.3, 0.4) is 0 Å². The number of unbranched alkanes of at least 4 members (excludes halogenated alkanes) is 7. The third-order valence-electron chi connectivity index (χ3n) is 5.60. The molecule has 1 aliphatic heterocycles. The number of rotatable bonds is 14. The van der Waals surface area contributed by atoms with Gasteiger partial charge in [-0.3, -0.25) is 9.59 Å². The monoisotopic (exact) mass is 382 g/mol. The van der Waals surface area contributed by atoms with Crippen LogP contribution in [0.2, 0.25) is 0 Å². The van der Waals surface area contributed by atoms with Gasteiger partial charge in [-0.25, -0.2) is 0 Å². The first-order valence-corrected chi connectivity index (χ1v) is 11.2. The number of aliphatic hydroxyl groups is 1. The molecule has 0 aromatic rings. The quantitative estimate of drug-likeness (QED) is 0.448. The molecule has 0 radical (unpaired) electrons. The third kappa shape index (κ3) is 12.1. The molecular formula is C22H42N2O3. The Bertz CT molecular complexity index is 404. The molecule has 2 amide bonds. The number of carbonyl (C=O) groups is 2. The summed E-state index contributed by atoms with van der Waals surface area (Å²) in [7, 11) is 0. The van der Waals surface area contributed by atoms with Gasteiger partial charge in [0.2, 0.25) is 11.8 Å². The third-order valence-corrected chi connectivity index (χ3v) is 5.60. The van der Waals surface area contributed by atoms with Crippen LogP contribution in [0.4, 0.5) is 0 Å². The van der Waals surface area contributed by atoms with Gasteiger partial charge in [-0.15, -0.1) is 0 Å². The number of nitrogens with zero attached hydrogens (tertiary/aromatic N) is 1. The lowest BCUT2D eigenvalue weighted by Gasteiger charge is -2.31. The van der Waals surface area contributed by atoms with Gasteiger partial charge in [-0.2, -0.15) is 0 Å². The van der Waals surface area contributed by atoms with Crippen molar-refractivity contribution in [3.63, 3.8) is 0 Å². The highest BCUT2D eigenvalue weighted by Crippen LogP contribution is 2.16. The summed E-state index contributed by atoms with van der Waals surface area (Å²) >= 11 is 0. The minimum atomic E-state index is -0.0118. The van der Waals surface area contributed by atoms with E-state index < -0.39 is 0 Å². The van der Waals surface area contributed by atoms with E-state index in [1.165, 1.54) is 44.9 Å². The lowest BCUT2D eigenvalue weighted by atomic mass is 9.98. The summed E-state index contributed by atoms with van der Waals surface area (Å²) in [6.45, 7) is 6.27. The molecule has 1 heterocycles. The number of likely N-dealkylation sites (tertiary alicyclic amines) is 1. The highest BCUT2D eigenvalue weighted by atomic mass is 16.3. The molecule has 1 saturated heterocycles. The molecule has 158 valence electrons. The van der Waals surface area contributed by atoms with Gasteiger partial charge in [-0.1, -0.05) is 65.2 Å². The first kappa shape index (κ1) is 23.9. The van der Waals surface area contributed by atoms with Gasteiger partial charge >= 0.3 is 0 Å². The van der Waals surface area contributed by atoms with E-state index in [1.54, 1.807) is 4.90 Å². The maximum atomic E-state index is 12.1. The second-order valence-corrected chi connectivity index (χ2v) is 8.54. The van der Waals surface area contributed by atoms with E-state index in [2.05, 4.69) is 19.2 Å². The zero-order valence-corrected chi connectivity index (χ0v) is 17.7. The SMILES string of the molecule is CC(C)CCCCCCCCCCC(=O)NCC(=O)N1CCC(CO)CC1. The Morgan fingerprint density at radius 1 is 0.963 bits per heavy atom. The van der Waals surface area contributed by atoms with Gasteiger partial charge in [0, 0.05) is 26.1 Å². The number of nitrogens with one attached hydrogen (secondary N) is 1. The Morgan fingerprint density at radius 2 is 1.52 bits per heavy atom. The minimum absolute atomic E-state index is 0.00259. The second-order valence-electron chi connectivity index (χ2n) is 8.54. The molecule has 1 rings (SSSR count). The van der Waals surface area contributed by atoms with Crippen LogP contribution in [-0.2, 0) is 9.59 Å². The van der Waals surface area contributed by atoms with E-state index in [4.69, 9.17) is 5.11 Å². The zero-order valence-electron chi connectivity index (χ0n) is 17.7. The van der Waals surface area contributed by atoms with E-state index in [1.807, 2.05) is 0 Å². The average Bonchev–Trinajstić information content (AvgIpc) is 2.67. The maximum absolute atomic E-state index is 12.1. The van der Waals surface area contributed by atoms with E-state index >= 15 is 0 Å². The highest BCUT2D eigenvalue weighted by molar-refractivity contribution is 5.84. The molecule has 2 N–H and O–H groups in total. The fourth-order valence-corrected chi connectivity index (χ4v) is 3.64. The van der Waals surface area contributed by atoms with Crippen molar-refractivity contribution in [2.24, 2.45) is 11.8 Å². The van der Waals surface area contributed by atoms with Crippen LogP contribution in [0.15, 0.2) is 0 Å². The lowest BCUT2D eigenvalue weighted by molar-refractivity contribution is -0.134. The molecular weight excluding hydrogens is 340 g/mol. The normalized spacial score (nSPS) is 15.3. The summed E-state index contributed by atoms with van der Waals surface area (Å²) in [5.74, 6) is 1.13. The molecule has 5 nitrogen and oxygen atoms in total. The molecule has 0 atom stereocenters. The van der Waals surface area contributed by atoms with Crippen LogP contribution in [-0.4, -0.2) is 48.1 Å². The van der Waals surface area contributed by atoms with Crippen molar-refractivity contribution in [1.82, 2.24) is 10.2 Å². The predicted octanol–water partition coefficient (Wildman–Crippen LogP) is 3.89. The molecule has 1 fully saturated rings. The van der Waals surface area contributed by atoms with Crippen LogP contribution in [0, 0.1) is 11.8 Å². The first-order valence-electron chi connectivity index (χ1n) is 11.2. The van der Waals surface area contributed by atoms with Crippen molar-refractivity contribution >= 4 is 11.8 Å². The molecule has 0 saturated carbocycles. The van der Waals surface area contributed by atoms with Crippen LogP contribution in [0.1, 0.15) is 90.9 Å². The van der Waals surface area contributed by atoms with Gasteiger partial charge in [0.05, 0.1) is 6.54 Å². The van der Waals surface area contributed by atoms with E-state index in [9.17, 15) is 9.59 Å². The summed E-state index contributed by atoms with van der Waals surface area (Å²) in [6, 6.07) is 0. The highest BCUT2D eigenvalue weighted by Gasteiger charge is 2.22. The molecule has 1 aliphatic rings. The van der Waals surface area contributed by atoms with Crippen LogP contribution < -0.4 is 5.32 Å². The van der Waals surface area contributed by atoms with Crippen LogP contribution >= 0.6 is 0 Å². The number of piperidine rings is 1. The maximum Gasteiger partial charge on any atom is 0.241 e. The van der Waals surface area contributed by atoms with E-state index in [-0.39, 0.29) is 25.0 Å². The van der Waals surface area contributed by atoms with Gasteiger partial charge in [0.15, 0.2) is 0 Å². The van der Waals surface area contributed by atoms with Crippen LogP contribution in [0.5, 0.6) is 0 Å². The van der Waals surface area contributed by atoms with Gasteiger partial charge in [0.25, 0.3) is 0 Å². The number of hydrogen-bond acceptors (Lipinski definition) is 3. The second kappa shape index (κ2) is 14.9. The molecule has 27 heavy (non-hydrogen) atoms. The zero-order chi connectivity index (χ0) is 19.9. The number of hydrogen-bond donors (Lipinski definition) is 2. The Morgan fingerprint density at radius 3 is 2.07 bits per heavy atom.